The predicted molar refractivity (Wildman–Crippen MR) is 84.1 cm³/mol. The molecule has 0 atom stereocenters. The fraction of sp³-hybridized carbons (Fsp3) is 0.417. The first-order valence-corrected chi connectivity index (χ1v) is 7.78. The third-order valence-electron chi connectivity index (χ3n) is 2.58. The van der Waals surface area contributed by atoms with E-state index < -0.39 is 0 Å². The van der Waals surface area contributed by atoms with Crippen LogP contribution in [-0.2, 0) is 6.42 Å². The van der Waals surface area contributed by atoms with Gasteiger partial charge in [-0.2, -0.15) is 0 Å². The van der Waals surface area contributed by atoms with Crippen molar-refractivity contribution < 1.29 is 0 Å². The second kappa shape index (κ2) is 5.92. The van der Waals surface area contributed by atoms with Gasteiger partial charge in [0.2, 0.25) is 0 Å². The minimum absolute atomic E-state index is 0.716. The summed E-state index contributed by atoms with van der Waals surface area (Å²) in [4.78, 5) is 13.5. The SMILES string of the molecule is CCNc1nc(-c2ncc(I)s2)nc(C)c1CC. The van der Waals surface area contributed by atoms with Gasteiger partial charge in [-0.3, -0.25) is 0 Å². The summed E-state index contributed by atoms with van der Waals surface area (Å²) in [6, 6.07) is 0. The molecule has 0 spiro atoms. The molecule has 0 bridgehead atoms. The molecule has 2 aromatic rings. The quantitative estimate of drug-likeness (QED) is 0.833. The van der Waals surface area contributed by atoms with E-state index >= 15 is 0 Å². The van der Waals surface area contributed by atoms with Crippen LogP contribution in [0.2, 0.25) is 0 Å². The lowest BCUT2D eigenvalue weighted by Crippen LogP contribution is -2.07. The van der Waals surface area contributed by atoms with Crippen LogP contribution < -0.4 is 5.32 Å². The number of nitrogens with one attached hydrogen (secondary N) is 1. The number of rotatable bonds is 4. The van der Waals surface area contributed by atoms with Crippen molar-refractivity contribution in [2.24, 2.45) is 0 Å². The number of aromatic nitrogens is 3. The maximum atomic E-state index is 4.60. The highest BCUT2D eigenvalue weighted by Crippen LogP contribution is 2.26. The average molecular weight is 374 g/mol. The van der Waals surface area contributed by atoms with Crippen LogP contribution in [-0.4, -0.2) is 21.5 Å². The van der Waals surface area contributed by atoms with Crippen LogP contribution in [0.25, 0.3) is 10.8 Å². The van der Waals surface area contributed by atoms with Gasteiger partial charge >= 0.3 is 0 Å². The maximum Gasteiger partial charge on any atom is 0.190 e. The molecule has 2 heterocycles. The maximum absolute atomic E-state index is 4.60. The molecule has 6 heteroatoms. The molecule has 96 valence electrons. The molecule has 4 nitrogen and oxygen atoms in total. The highest BCUT2D eigenvalue weighted by atomic mass is 127. The molecule has 2 rings (SSSR count). The number of halogens is 1. The molecule has 2 aromatic heterocycles. The van der Waals surface area contributed by atoms with Crippen LogP contribution in [0.15, 0.2) is 6.20 Å². The Balaban J connectivity index is 2.50. The normalized spacial score (nSPS) is 10.7. The molecule has 18 heavy (non-hydrogen) atoms. The number of anilines is 1. The van der Waals surface area contributed by atoms with Crippen molar-refractivity contribution >= 4 is 39.7 Å². The first kappa shape index (κ1) is 13.7. The summed E-state index contributed by atoms with van der Waals surface area (Å²) in [5.74, 6) is 1.65. The zero-order chi connectivity index (χ0) is 13.1. The summed E-state index contributed by atoms with van der Waals surface area (Å²) < 4.78 is 1.15. The summed E-state index contributed by atoms with van der Waals surface area (Å²) in [5, 5.41) is 4.19. The molecule has 0 aliphatic rings. The van der Waals surface area contributed by atoms with Crippen LogP contribution in [0.5, 0.6) is 0 Å². The van der Waals surface area contributed by atoms with Crippen LogP contribution in [0.4, 0.5) is 5.82 Å². The van der Waals surface area contributed by atoms with Crippen LogP contribution in [0.1, 0.15) is 25.1 Å². The first-order chi connectivity index (χ1) is 8.65. The second-order valence-electron chi connectivity index (χ2n) is 3.81. The van der Waals surface area contributed by atoms with Crippen molar-refractivity contribution in [3.8, 4) is 10.8 Å². The number of hydrogen-bond acceptors (Lipinski definition) is 5. The zero-order valence-corrected chi connectivity index (χ0v) is 13.6. The third-order valence-corrected chi connectivity index (χ3v) is 4.30. The lowest BCUT2D eigenvalue weighted by molar-refractivity contribution is 0.987. The Morgan fingerprint density at radius 3 is 2.67 bits per heavy atom. The number of hydrogen-bond donors (Lipinski definition) is 1. The van der Waals surface area contributed by atoms with Crippen molar-refractivity contribution in [3.63, 3.8) is 0 Å². The Kier molecular flexibility index (Phi) is 4.50. The van der Waals surface area contributed by atoms with E-state index in [1.54, 1.807) is 11.3 Å². The minimum Gasteiger partial charge on any atom is -0.370 e. The van der Waals surface area contributed by atoms with Gasteiger partial charge in [-0.25, -0.2) is 15.0 Å². The number of aryl methyl sites for hydroxylation is 1. The summed E-state index contributed by atoms with van der Waals surface area (Å²) >= 11 is 3.87. The van der Waals surface area contributed by atoms with Gasteiger partial charge in [0.1, 0.15) is 5.82 Å². The van der Waals surface area contributed by atoms with Gasteiger partial charge in [0.25, 0.3) is 0 Å². The summed E-state index contributed by atoms with van der Waals surface area (Å²) in [6.45, 7) is 7.09. The number of nitrogens with zero attached hydrogens (tertiary/aromatic N) is 3. The van der Waals surface area contributed by atoms with E-state index in [1.165, 1.54) is 5.56 Å². The van der Waals surface area contributed by atoms with E-state index in [0.29, 0.717) is 5.82 Å². The fourth-order valence-electron chi connectivity index (χ4n) is 1.79. The lowest BCUT2D eigenvalue weighted by Gasteiger charge is -2.11. The summed E-state index contributed by atoms with van der Waals surface area (Å²) in [6.07, 6.45) is 2.78. The molecule has 1 N–H and O–H groups in total. The zero-order valence-electron chi connectivity index (χ0n) is 10.6. The Morgan fingerprint density at radius 1 is 1.33 bits per heavy atom. The van der Waals surface area contributed by atoms with Gasteiger partial charge in [-0.15, -0.1) is 11.3 Å². The molecule has 0 fully saturated rings. The lowest BCUT2D eigenvalue weighted by atomic mass is 10.1. The molecule has 0 aliphatic carbocycles. The standard InChI is InChI=1S/C12H15IN4S/c1-4-8-7(3)16-11(17-10(8)14-5-2)12-15-6-9(13)18-12/h6H,4-5H2,1-3H3,(H,14,16,17). The van der Waals surface area contributed by atoms with Gasteiger partial charge in [0, 0.05) is 17.8 Å². The summed E-state index contributed by atoms with van der Waals surface area (Å²) in [7, 11) is 0. The van der Waals surface area contributed by atoms with E-state index in [4.69, 9.17) is 0 Å². The van der Waals surface area contributed by atoms with Crippen molar-refractivity contribution in [2.75, 3.05) is 11.9 Å². The largest absolute Gasteiger partial charge is 0.370 e. The number of thiazole rings is 1. The third kappa shape index (κ3) is 2.80. The average Bonchev–Trinajstić information content (AvgIpc) is 2.76. The Labute approximate surface area is 124 Å². The topological polar surface area (TPSA) is 50.7 Å². The molecule has 0 aliphatic heterocycles. The van der Waals surface area contributed by atoms with Crippen LogP contribution in [0.3, 0.4) is 0 Å². The molecule has 0 amide bonds. The predicted octanol–water partition coefficient (Wildman–Crippen LogP) is 3.51. The Bertz CT molecular complexity index is 553. The van der Waals surface area contributed by atoms with Crippen molar-refractivity contribution in [3.05, 3.63) is 20.3 Å². The smallest absolute Gasteiger partial charge is 0.190 e. The monoisotopic (exact) mass is 374 g/mol. The van der Waals surface area contributed by atoms with Crippen molar-refractivity contribution in [1.82, 2.24) is 15.0 Å². The molecule has 0 aromatic carbocycles. The highest BCUT2D eigenvalue weighted by molar-refractivity contribution is 14.1. The van der Waals surface area contributed by atoms with Gasteiger partial charge in [-0.05, 0) is 42.9 Å². The van der Waals surface area contributed by atoms with Crippen molar-refractivity contribution in [1.29, 1.82) is 0 Å². The van der Waals surface area contributed by atoms with E-state index in [9.17, 15) is 0 Å². The Hall–Kier alpha value is -0.760. The van der Waals surface area contributed by atoms with E-state index in [1.807, 2.05) is 13.1 Å². The van der Waals surface area contributed by atoms with E-state index in [-0.39, 0.29) is 0 Å². The van der Waals surface area contributed by atoms with Gasteiger partial charge in [0.05, 0.1) is 9.08 Å². The van der Waals surface area contributed by atoms with Crippen molar-refractivity contribution in [2.45, 2.75) is 27.2 Å². The van der Waals surface area contributed by atoms with Gasteiger partial charge in [-0.1, -0.05) is 6.92 Å². The van der Waals surface area contributed by atoms with E-state index in [0.717, 1.165) is 32.4 Å². The first-order valence-electron chi connectivity index (χ1n) is 5.88. The fourth-order valence-corrected chi connectivity index (χ4v) is 3.13. The van der Waals surface area contributed by atoms with Crippen LogP contribution in [0, 0.1) is 9.81 Å². The molecule has 0 saturated heterocycles. The Morgan fingerprint density at radius 2 is 2.11 bits per heavy atom. The summed E-state index contributed by atoms with van der Waals surface area (Å²) in [5.41, 5.74) is 2.22. The molecular weight excluding hydrogens is 359 g/mol. The van der Waals surface area contributed by atoms with Crippen LogP contribution >= 0.6 is 33.9 Å². The van der Waals surface area contributed by atoms with E-state index in [2.05, 4.69) is 56.7 Å². The molecule has 0 unspecified atom stereocenters. The molecular formula is C12H15IN4S. The molecule has 0 saturated carbocycles. The highest BCUT2D eigenvalue weighted by Gasteiger charge is 2.13. The second-order valence-corrected chi connectivity index (χ2v) is 6.74. The minimum atomic E-state index is 0.716. The van der Waals surface area contributed by atoms with Gasteiger partial charge in [0.15, 0.2) is 10.8 Å². The van der Waals surface area contributed by atoms with Gasteiger partial charge < -0.3 is 5.32 Å². The molecule has 0 radical (unpaired) electrons.